The van der Waals surface area contributed by atoms with E-state index in [9.17, 15) is 23.2 Å². The summed E-state index contributed by atoms with van der Waals surface area (Å²) in [5.41, 5.74) is 0.343. The van der Waals surface area contributed by atoms with E-state index < -0.39 is 38.3 Å². The number of unbranched alkanes of at least 4 members (excludes halogenated alkanes) is 1. The monoisotopic (exact) mass is 416 g/mol. The molecular weight excluding hydrogens is 390 g/mol. The molecule has 0 heterocycles. The molecule has 0 saturated carbocycles. The second kappa shape index (κ2) is 11.5. The Bertz CT molecular complexity index is 649. The van der Waals surface area contributed by atoms with Gasteiger partial charge in [-0.3, -0.25) is 14.4 Å². The Balaban J connectivity index is 2.87. The van der Waals surface area contributed by atoms with Gasteiger partial charge < -0.3 is 13.3 Å². The van der Waals surface area contributed by atoms with Gasteiger partial charge in [-0.25, -0.2) is 8.78 Å². The molecule has 0 aliphatic carbocycles. The van der Waals surface area contributed by atoms with Crippen molar-refractivity contribution in [3.8, 4) is 0 Å². The van der Waals surface area contributed by atoms with Crippen LogP contribution in [0.1, 0.15) is 58.4 Å². The quantitative estimate of drug-likeness (QED) is 0.399. The van der Waals surface area contributed by atoms with E-state index in [4.69, 9.17) is 13.3 Å². The fourth-order valence-corrected chi connectivity index (χ4v) is 4.92. The molecule has 156 valence electrons. The van der Waals surface area contributed by atoms with Crippen LogP contribution in [-0.4, -0.2) is 26.7 Å². The van der Waals surface area contributed by atoms with Gasteiger partial charge in [0.1, 0.15) is 11.6 Å². The molecule has 0 atom stereocenters. The SMILES string of the molecule is CCC(=O)O[Si](CCCCc1ccc(F)cc1F)(OC(=O)CC)OC(=O)CC. The highest BCUT2D eigenvalue weighted by molar-refractivity contribution is 6.65. The minimum Gasteiger partial charge on any atom is -0.455 e. The van der Waals surface area contributed by atoms with E-state index in [1.165, 1.54) is 12.1 Å². The highest BCUT2D eigenvalue weighted by Gasteiger charge is 2.52. The Morgan fingerprint density at radius 2 is 1.36 bits per heavy atom. The highest BCUT2D eigenvalue weighted by Crippen LogP contribution is 2.23. The van der Waals surface area contributed by atoms with Crippen LogP contribution in [-0.2, 0) is 34.1 Å². The molecule has 0 unspecified atom stereocenters. The zero-order chi connectivity index (χ0) is 21.2. The molecule has 9 heteroatoms. The molecule has 1 rings (SSSR count). The number of hydrogen-bond acceptors (Lipinski definition) is 6. The number of carbonyl (C=O) groups is 3. The maximum atomic E-state index is 13.7. The van der Waals surface area contributed by atoms with Crippen LogP contribution in [0, 0.1) is 11.6 Å². The predicted molar refractivity (Wildman–Crippen MR) is 99.0 cm³/mol. The van der Waals surface area contributed by atoms with Gasteiger partial charge in [-0.1, -0.05) is 26.8 Å². The van der Waals surface area contributed by atoms with Gasteiger partial charge in [0, 0.05) is 25.3 Å². The van der Waals surface area contributed by atoms with Crippen LogP contribution in [0.3, 0.4) is 0 Å². The Kier molecular flexibility index (Phi) is 9.78. The molecule has 0 aliphatic rings. The molecule has 0 bridgehead atoms. The lowest BCUT2D eigenvalue weighted by Crippen LogP contribution is -2.50. The van der Waals surface area contributed by atoms with E-state index in [-0.39, 0.29) is 25.3 Å². The van der Waals surface area contributed by atoms with E-state index >= 15 is 0 Å². The third-order valence-corrected chi connectivity index (χ3v) is 6.45. The average Bonchev–Trinajstić information content (AvgIpc) is 2.66. The third-order valence-electron chi connectivity index (χ3n) is 3.87. The molecule has 28 heavy (non-hydrogen) atoms. The Labute approximate surface area is 164 Å². The van der Waals surface area contributed by atoms with Crippen LogP contribution >= 0.6 is 0 Å². The highest BCUT2D eigenvalue weighted by atomic mass is 28.4. The van der Waals surface area contributed by atoms with Gasteiger partial charge in [0.15, 0.2) is 0 Å². The second-order valence-electron chi connectivity index (χ2n) is 6.11. The van der Waals surface area contributed by atoms with Gasteiger partial charge in [0.05, 0.1) is 6.04 Å². The molecule has 0 N–H and O–H groups in total. The standard InChI is InChI=1S/C19H26F2O6Si/c1-4-17(22)25-28(26-18(23)5-2,27-19(24)6-3)12-8-7-9-14-10-11-15(20)13-16(14)21/h10-11,13H,4-9,12H2,1-3H3. The molecule has 0 aliphatic heterocycles. The fourth-order valence-electron chi connectivity index (χ4n) is 2.33. The molecule has 0 spiro atoms. The largest absolute Gasteiger partial charge is 0.705 e. The van der Waals surface area contributed by atoms with E-state index in [0.29, 0.717) is 24.8 Å². The van der Waals surface area contributed by atoms with Crippen molar-refractivity contribution in [2.75, 3.05) is 0 Å². The average molecular weight is 416 g/mol. The van der Waals surface area contributed by atoms with Gasteiger partial charge in [-0.05, 0) is 30.9 Å². The molecular formula is C19H26F2O6Si. The number of halogens is 2. The van der Waals surface area contributed by atoms with E-state index in [1.807, 2.05) is 0 Å². The number of aryl methyl sites for hydroxylation is 1. The molecule has 6 nitrogen and oxygen atoms in total. The van der Waals surface area contributed by atoms with Crippen molar-refractivity contribution in [1.82, 2.24) is 0 Å². The number of benzene rings is 1. The second-order valence-corrected chi connectivity index (χ2v) is 8.59. The van der Waals surface area contributed by atoms with Crippen molar-refractivity contribution in [2.24, 2.45) is 0 Å². The van der Waals surface area contributed by atoms with Crippen LogP contribution < -0.4 is 0 Å². The van der Waals surface area contributed by atoms with Crippen LogP contribution in [0.2, 0.25) is 6.04 Å². The third kappa shape index (κ3) is 7.75. The van der Waals surface area contributed by atoms with Gasteiger partial charge in [-0.2, -0.15) is 0 Å². The Morgan fingerprint density at radius 3 is 1.79 bits per heavy atom. The van der Waals surface area contributed by atoms with Crippen LogP contribution in [0.4, 0.5) is 8.78 Å². The van der Waals surface area contributed by atoms with Gasteiger partial charge in [0.2, 0.25) is 0 Å². The predicted octanol–water partition coefficient (Wildman–Crippen LogP) is 4.09. The summed E-state index contributed by atoms with van der Waals surface area (Å²) in [6, 6.07) is 3.38. The number of rotatable bonds is 11. The summed E-state index contributed by atoms with van der Waals surface area (Å²) in [6.07, 6.45) is 1.19. The minimum absolute atomic E-state index is 0.0306. The van der Waals surface area contributed by atoms with E-state index in [0.717, 1.165) is 6.07 Å². The lowest BCUT2D eigenvalue weighted by molar-refractivity contribution is -0.150. The molecule has 1 aromatic rings. The first kappa shape index (κ1) is 23.7. The lowest BCUT2D eigenvalue weighted by atomic mass is 10.1. The summed E-state index contributed by atoms with van der Waals surface area (Å²) < 4.78 is 42.6. The summed E-state index contributed by atoms with van der Waals surface area (Å²) in [7, 11) is -3.91. The van der Waals surface area contributed by atoms with Crippen molar-refractivity contribution in [1.29, 1.82) is 0 Å². The Hall–Kier alpha value is -2.29. The number of carbonyl (C=O) groups excluding carboxylic acids is 3. The summed E-state index contributed by atoms with van der Waals surface area (Å²) >= 11 is 0. The Morgan fingerprint density at radius 1 is 0.857 bits per heavy atom. The van der Waals surface area contributed by atoms with E-state index in [1.54, 1.807) is 20.8 Å². The normalized spacial score (nSPS) is 11.0. The van der Waals surface area contributed by atoms with Crippen LogP contribution in [0.5, 0.6) is 0 Å². The lowest BCUT2D eigenvalue weighted by Gasteiger charge is -2.27. The van der Waals surface area contributed by atoms with Crippen molar-refractivity contribution in [3.63, 3.8) is 0 Å². The smallest absolute Gasteiger partial charge is 0.455 e. The zero-order valence-electron chi connectivity index (χ0n) is 16.4. The topological polar surface area (TPSA) is 78.9 Å². The zero-order valence-corrected chi connectivity index (χ0v) is 17.4. The van der Waals surface area contributed by atoms with Gasteiger partial charge in [-0.15, -0.1) is 0 Å². The van der Waals surface area contributed by atoms with Crippen molar-refractivity contribution in [3.05, 3.63) is 35.4 Å². The van der Waals surface area contributed by atoms with Crippen molar-refractivity contribution < 1.29 is 36.4 Å². The first-order valence-corrected chi connectivity index (χ1v) is 11.3. The molecule has 0 aromatic heterocycles. The maximum Gasteiger partial charge on any atom is 0.705 e. The van der Waals surface area contributed by atoms with Crippen LogP contribution in [0.15, 0.2) is 18.2 Å². The van der Waals surface area contributed by atoms with Gasteiger partial charge in [0.25, 0.3) is 17.9 Å². The molecule has 0 fully saturated rings. The van der Waals surface area contributed by atoms with Crippen molar-refractivity contribution >= 4 is 26.7 Å². The summed E-state index contributed by atoms with van der Waals surface area (Å²) in [5.74, 6) is -3.20. The molecule has 0 saturated heterocycles. The first-order chi connectivity index (χ1) is 13.2. The molecule has 0 radical (unpaired) electrons. The summed E-state index contributed by atoms with van der Waals surface area (Å²) in [5, 5.41) is 0. The van der Waals surface area contributed by atoms with Crippen LogP contribution in [0.25, 0.3) is 0 Å². The van der Waals surface area contributed by atoms with Crippen molar-refractivity contribution in [2.45, 2.75) is 65.3 Å². The summed E-state index contributed by atoms with van der Waals surface area (Å²) in [4.78, 5) is 35.5. The van der Waals surface area contributed by atoms with Gasteiger partial charge >= 0.3 is 8.80 Å². The fraction of sp³-hybridized carbons (Fsp3) is 0.526. The summed E-state index contributed by atoms with van der Waals surface area (Å²) in [6.45, 7) is 4.71. The first-order valence-electron chi connectivity index (χ1n) is 9.34. The maximum absolute atomic E-state index is 13.7. The number of hydrogen-bond donors (Lipinski definition) is 0. The minimum atomic E-state index is -3.91. The molecule has 0 amide bonds. The van der Waals surface area contributed by atoms with E-state index in [2.05, 4.69) is 0 Å². The molecule has 1 aromatic carbocycles.